The van der Waals surface area contributed by atoms with Gasteiger partial charge in [-0.05, 0) is 68.8 Å². The molecule has 234 valence electrons. The standard InChI is InChI=1S/C35H40N6O4/c1-23(20-39-14-12-38(4)13-15-39)21-41-25(3)24(2)30-19-29(8-9-31(30)41)45-28-7-5-6-26(16-28)35(44)37-27-17-32(42)34(33(43)18-27)40-11-10-36-22-40/h5-11,16-19,22-23,42-43H,12-15,20-21H2,1-4H3,(H,37,44). The van der Waals surface area contributed by atoms with Crippen molar-refractivity contribution in [1.82, 2.24) is 23.9 Å². The molecule has 45 heavy (non-hydrogen) atoms. The number of piperazine rings is 1. The molecule has 1 atom stereocenters. The lowest BCUT2D eigenvalue weighted by Gasteiger charge is -2.34. The number of aromatic hydroxyl groups is 2. The molecule has 3 N–H and O–H groups in total. The molecule has 10 nitrogen and oxygen atoms in total. The van der Waals surface area contributed by atoms with E-state index in [-0.39, 0.29) is 22.9 Å². The number of rotatable bonds is 9. The molecule has 0 radical (unpaired) electrons. The highest BCUT2D eigenvalue weighted by Crippen LogP contribution is 2.35. The number of carbonyl (C=O) groups excluding carboxylic acids is 1. The molecule has 0 bridgehead atoms. The highest BCUT2D eigenvalue weighted by atomic mass is 16.5. The summed E-state index contributed by atoms with van der Waals surface area (Å²) in [5.74, 6) is 0.946. The lowest BCUT2D eigenvalue weighted by atomic mass is 10.1. The molecule has 1 saturated heterocycles. The van der Waals surface area contributed by atoms with Crippen molar-refractivity contribution < 1.29 is 19.7 Å². The Hall–Kier alpha value is -4.80. The lowest BCUT2D eigenvalue weighted by Crippen LogP contribution is -2.46. The maximum Gasteiger partial charge on any atom is 0.255 e. The Labute approximate surface area is 263 Å². The van der Waals surface area contributed by atoms with E-state index >= 15 is 0 Å². The first-order chi connectivity index (χ1) is 21.7. The van der Waals surface area contributed by atoms with Gasteiger partial charge in [-0.1, -0.05) is 13.0 Å². The molecular formula is C35H40N6O4. The molecule has 1 aliphatic rings. The number of hydrogen-bond donors (Lipinski definition) is 3. The van der Waals surface area contributed by atoms with E-state index in [2.05, 4.69) is 64.6 Å². The molecule has 10 heteroatoms. The summed E-state index contributed by atoms with van der Waals surface area (Å²) in [6.45, 7) is 13.2. The van der Waals surface area contributed by atoms with Gasteiger partial charge in [0, 0.05) is 91.6 Å². The van der Waals surface area contributed by atoms with Crippen LogP contribution in [0.2, 0.25) is 0 Å². The molecule has 0 aliphatic carbocycles. The first-order valence-electron chi connectivity index (χ1n) is 15.3. The fourth-order valence-corrected chi connectivity index (χ4v) is 6.14. The molecule has 5 aromatic rings. The molecule has 3 heterocycles. The van der Waals surface area contributed by atoms with Crippen LogP contribution in [0.3, 0.4) is 0 Å². The summed E-state index contributed by atoms with van der Waals surface area (Å²) in [5.41, 5.74) is 4.50. The molecule has 1 amide bonds. The van der Waals surface area contributed by atoms with E-state index in [1.807, 2.05) is 12.1 Å². The predicted octanol–water partition coefficient (Wildman–Crippen LogP) is 5.78. The number of anilines is 1. The fraction of sp³-hybridized carbons (Fsp3) is 0.314. The summed E-state index contributed by atoms with van der Waals surface area (Å²) in [4.78, 5) is 22.0. The minimum atomic E-state index is -0.403. The van der Waals surface area contributed by atoms with Gasteiger partial charge in [0.05, 0.1) is 6.33 Å². The summed E-state index contributed by atoms with van der Waals surface area (Å²) >= 11 is 0. The van der Waals surface area contributed by atoms with Gasteiger partial charge < -0.3 is 34.6 Å². The number of likely N-dealkylation sites (N-methyl/N-ethyl adjacent to an activating group) is 1. The van der Waals surface area contributed by atoms with Gasteiger partial charge in [0.25, 0.3) is 5.91 Å². The number of ether oxygens (including phenoxy) is 1. The zero-order valence-corrected chi connectivity index (χ0v) is 26.2. The Morgan fingerprint density at radius 1 is 0.978 bits per heavy atom. The number of hydrogen-bond acceptors (Lipinski definition) is 7. The van der Waals surface area contributed by atoms with Gasteiger partial charge in [-0.15, -0.1) is 0 Å². The first kappa shape index (κ1) is 30.2. The van der Waals surface area contributed by atoms with Gasteiger partial charge in [0.2, 0.25) is 0 Å². The molecule has 6 rings (SSSR count). The van der Waals surface area contributed by atoms with E-state index in [1.165, 1.54) is 46.0 Å². The van der Waals surface area contributed by atoms with Crippen LogP contribution in [0.15, 0.2) is 73.3 Å². The zero-order valence-electron chi connectivity index (χ0n) is 26.2. The minimum Gasteiger partial charge on any atom is -0.506 e. The van der Waals surface area contributed by atoms with Crippen molar-refractivity contribution in [3.05, 3.63) is 90.1 Å². The monoisotopic (exact) mass is 608 g/mol. The number of imidazole rings is 1. The molecule has 1 aliphatic heterocycles. The molecule has 0 spiro atoms. The third-order valence-corrected chi connectivity index (χ3v) is 8.69. The van der Waals surface area contributed by atoms with Crippen LogP contribution in [0.4, 0.5) is 5.69 Å². The van der Waals surface area contributed by atoms with E-state index in [4.69, 9.17) is 4.74 Å². The number of fused-ring (bicyclic) bond motifs is 1. The van der Waals surface area contributed by atoms with Crippen molar-refractivity contribution in [1.29, 1.82) is 0 Å². The summed E-state index contributed by atoms with van der Waals surface area (Å²) in [6.07, 6.45) is 4.61. The maximum atomic E-state index is 13.1. The van der Waals surface area contributed by atoms with Crippen LogP contribution in [0, 0.1) is 19.8 Å². The second-order valence-electron chi connectivity index (χ2n) is 12.1. The molecule has 1 fully saturated rings. The molecule has 1 unspecified atom stereocenters. The van der Waals surface area contributed by atoms with Gasteiger partial charge in [0.1, 0.15) is 28.7 Å². The normalized spacial score (nSPS) is 14.9. The summed E-state index contributed by atoms with van der Waals surface area (Å²) in [6, 6.07) is 15.8. The van der Waals surface area contributed by atoms with Crippen LogP contribution >= 0.6 is 0 Å². The number of aromatic nitrogens is 3. The SMILES string of the molecule is Cc1c(C)n(CC(C)CN2CCN(C)CC2)c2ccc(Oc3cccc(C(=O)Nc4cc(O)c(-n5ccnc5)c(O)c4)c3)cc12. The number of nitrogens with one attached hydrogen (secondary N) is 1. The highest BCUT2D eigenvalue weighted by Gasteiger charge is 2.19. The van der Waals surface area contributed by atoms with Crippen molar-refractivity contribution in [3.63, 3.8) is 0 Å². The third-order valence-electron chi connectivity index (χ3n) is 8.69. The summed E-state index contributed by atoms with van der Waals surface area (Å²) in [7, 11) is 2.19. The van der Waals surface area contributed by atoms with Gasteiger partial charge in [-0.3, -0.25) is 9.36 Å². The summed E-state index contributed by atoms with van der Waals surface area (Å²) in [5, 5.41) is 24.9. The van der Waals surface area contributed by atoms with Gasteiger partial charge in [0.15, 0.2) is 0 Å². The number of aryl methyl sites for hydroxylation is 1. The van der Waals surface area contributed by atoms with E-state index in [0.717, 1.165) is 44.7 Å². The quantitative estimate of drug-likeness (QED) is 0.195. The highest BCUT2D eigenvalue weighted by molar-refractivity contribution is 6.04. The minimum absolute atomic E-state index is 0.179. The van der Waals surface area contributed by atoms with Crippen molar-refractivity contribution in [3.8, 4) is 28.7 Å². The Morgan fingerprint density at radius 3 is 2.42 bits per heavy atom. The van der Waals surface area contributed by atoms with Crippen LogP contribution in [0.5, 0.6) is 23.0 Å². The Morgan fingerprint density at radius 2 is 1.71 bits per heavy atom. The van der Waals surface area contributed by atoms with Crippen LogP contribution in [-0.2, 0) is 6.54 Å². The van der Waals surface area contributed by atoms with Gasteiger partial charge >= 0.3 is 0 Å². The maximum absolute atomic E-state index is 13.1. The van der Waals surface area contributed by atoms with Crippen LogP contribution in [0.25, 0.3) is 16.6 Å². The number of carbonyl (C=O) groups is 1. The van der Waals surface area contributed by atoms with Crippen molar-refractivity contribution in [2.24, 2.45) is 5.92 Å². The van der Waals surface area contributed by atoms with E-state index in [9.17, 15) is 15.0 Å². The molecular weight excluding hydrogens is 568 g/mol. The van der Waals surface area contributed by atoms with Gasteiger partial charge in [-0.25, -0.2) is 4.98 Å². The van der Waals surface area contributed by atoms with Crippen molar-refractivity contribution >= 4 is 22.5 Å². The average molecular weight is 609 g/mol. The van der Waals surface area contributed by atoms with Crippen molar-refractivity contribution in [2.75, 3.05) is 45.1 Å². The summed E-state index contributed by atoms with van der Waals surface area (Å²) < 4.78 is 10.1. The fourth-order valence-electron chi connectivity index (χ4n) is 6.14. The molecule has 0 saturated carbocycles. The first-order valence-corrected chi connectivity index (χ1v) is 15.3. The number of benzene rings is 3. The number of phenols is 2. The second-order valence-corrected chi connectivity index (χ2v) is 12.1. The molecule has 2 aromatic heterocycles. The average Bonchev–Trinajstić information content (AvgIpc) is 3.61. The predicted molar refractivity (Wildman–Crippen MR) is 176 cm³/mol. The lowest BCUT2D eigenvalue weighted by molar-refractivity contribution is 0.102. The Balaban J connectivity index is 1.15. The van der Waals surface area contributed by atoms with Gasteiger partial charge in [-0.2, -0.15) is 0 Å². The van der Waals surface area contributed by atoms with E-state index in [1.54, 1.807) is 24.4 Å². The van der Waals surface area contributed by atoms with Crippen LogP contribution in [-0.4, -0.2) is 79.8 Å². The van der Waals surface area contributed by atoms with E-state index < -0.39 is 5.91 Å². The van der Waals surface area contributed by atoms with Crippen LogP contribution in [0.1, 0.15) is 28.5 Å². The zero-order chi connectivity index (χ0) is 31.7. The number of amides is 1. The Kier molecular flexibility index (Phi) is 8.51. The largest absolute Gasteiger partial charge is 0.506 e. The topological polar surface area (TPSA) is 108 Å². The number of phenolic OH excluding ortho intramolecular Hbond substituents is 2. The number of nitrogens with zero attached hydrogens (tertiary/aromatic N) is 5. The molecule has 3 aromatic carbocycles. The van der Waals surface area contributed by atoms with Crippen LogP contribution < -0.4 is 10.1 Å². The Bertz CT molecular complexity index is 1800. The smallest absolute Gasteiger partial charge is 0.255 e. The second kappa shape index (κ2) is 12.7. The third kappa shape index (κ3) is 6.52. The van der Waals surface area contributed by atoms with Crippen molar-refractivity contribution in [2.45, 2.75) is 27.3 Å². The van der Waals surface area contributed by atoms with E-state index in [0.29, 0.717) is 23.0 Å².